The molecule has 1 amide bonds. The zero-order valence-electron chi connectivity index (χ0n) is 10.8. The highest BCUT2D eigenvalue weighted by Gasteiger charge is 2.35. The predicted molar refractivity (Wildman–Crippen MR) is 72.5 cm³/mol. The molecule has 1 unspecified atom stereocenters. The molecule has 0 radical (unpaired) electrons. The van der Waals surface area contributed by atoms with Gasteiger partial charge in [-0.1, -0.05) is 17.7 Å². The van der Waals surface area contributed by atoms with Crippen molar-refractivity contribution in [3.05, 3.63) is 28.3 Å². The first kappa shape index (κ1) is 13.2. The molecule has 1 aromatic rings. The number of ether oxygens (including phenoxy) is 1. The van der Waals surface area contributed by atoms with Crippen LogP contribution in [0.15, 0.2) is 12.1 Å². The van der Waals surface area contributed by atoms with Crippen molar-refractivity contribution < 1.29 is 9.53 Å². The van der Waals surface area contributed by atoms with Gasteiger partial charge in [0.2, 0.25) is 0 Å². The highest BCUT2D eigenvalue weighted by atomic mass is 35.5. The third-order valence-corrected chi connectivity index (χ3v) is 3.33. The number of amides is 1. The standard InChI is InChI=1S/C13H17ClN2O2/c1-8-4-9(2)12(11(14)5-8)16-10(6-15-3)7-18-13(16)17/h4-5,10,15H,6-7H2,1-3H3. The molecule has 1 fully saturated rings. The van der Waals surface area contributed by atoms with Crippen molar-refractivity contribution in [2.45, 2.75) is 19.9 Å². The summed E-state index contributed by atoms with van der Waals surface area (Å²) >= 11 is 6.28. The lowest BCUT2D eigenvalue weighted by atomic mass is 10.1. The highest BCUT2D eigenvalue weighted by molar-refractivity contribution is 6.34. The van der Waals surface area contributed by atoms with Crippen molar-refractivity contribution in [2.24, 2.45) is 0 Å². The van der Waals surface area contributed by atoms with E-state index in [1.165, 1.54) is 0 Å². The third-order valence-electron chi connectivity index (χ3n) is 3.04. The van der Waals surface area contributed by atoms with E-state index in [9.17, 15) is 4.79 Å². The number of nitrogens with zero attached hydrogens (tertiary/aromatic N) is 1. The molecule has 2 rings (SSSR count). The van der Waals surface area contributed by atoms with Gasteiger partial charge in [-0.25, -0.2) is 4.79 Å². The summed E-state index contributed by atoms with van der Waals surface area (Å²) in [7, 11) is 1.85. The van der Waals surface area contributed by atoms with Crippen molar-refractivity contribution in [3.63, 3.8) is 0 Å². The predicted octanol–water partition coefficient (Wildman–Crippen LogP) is 2.50. The molecule has 0 aromatic heterocycles. The number of aryl methyl sites for hydroxylation is 2. The number of benzene rings is 1. The second-order valence-corrected chi connectivity index (χ2v) is 4.98. The molecule has 5 heteroatoms. The summed E-state index contributed by atoms with van der Waals surface area (Å²) in [6.07, 6.45) is -0.330. The van der Waals surface area contributed by atoms with Crippen LogP contribution in [-0.2, 0) is 4.74 Å². The van der Waals surface area contributed by atoms with Crippen molar-refractivity contribution in [1.29, 1.82) is 0 Å². The fourth-order valence-electron chi connectivity index (χ4n) is 2.33. The van der Waals surface area contributed by atoms with Gasteiger partial charge in [-0.3, -0.25) is 4.90 Å². The van der Waals surface area contributed by atoms with Crippen LogP contribution in [0.3, 0.4) is 0 Å². The van der Waals surface area contributed by atoms with E-state index in [0.717, 1.165) is 16.8 Å². The number of hydrogen-bond donors (Lipinski definition) is 1. The van der Waals surface area contributed by atoms with Crippen molar-refractivity contribution >= 4 is 23.4 Å². The van der Waals surface area contributed by atoms with E-state index >= 15 is 0 Å². The van der Waals surface area contributed by atoms with Gasteiger partial charge in [0.05, 0.1) is 16.8 Å². The number of halogens is 1. The maximum absolute atomic E-state index is 11.9. The van der Waals surface area contributed by atoms with Crippen molar-refractivity contribution in [1.82, 2.24) is 5.32 Å². The molecule has 1 atom stereocenters. The number of likely N-dealkylation sites (N-methyl/N-ethyl adjacent to an activating group) is 1. The minimum atomic E-state index is -0.330. The average Bonchev–Trinajstić information content (AvgIpc) is 2.61. The lowest BCUT2D eigenvalue weighted by molar-refractivity contribution is 0.178. The third kappa shape index (κ3) is 2.31. The van der Waals surface area contributed by atoms with E-state index in [-0.39, 0.29) is 12.1 Å². The molecule has 0 saturated carbocycles. The van der Waals surface area contributed by atoms with Crippen LogP contribution in [0.4, 0.5) is 10.5 Å². The van der Waals surface area contributed by atoms with E-state index < -0.39 is 0 Å². The number of carbonyl (C=O) groups excluding carboxylic acids is 1. The number of hydrogen-bond acceptors (Lipinski definition) is 3. The maximum Gasteiger partial charge on any atom is 0.414 e. The monoisotopic (exact) mass is 268 g/mol. The first-order valence-electron chi connectivity index (χ1n) is 5.92. The number of anilines is 1. The van der Waals surface area contributed by atoms with E-state index in [0.29, 0.717) is 18.2 Å². The zero-order valence-corrected chi connectivity index (χ0v) is 11.5. The zero-order chi connectivity index (χ0) is 13.3. The Labute approximate surface area is 112 Å². The Bertz CT molecular complexity index is 453. The van der Waals surface area contributed by atoms with Gasteiger partial charge < -0.3 is 10.1 Å². The summed E-state index contributed by atoms with van der Waals surface area (Å²) in [6, 6.07) is 3.87. The Morgan fingerprint density at radius 1 is 1.50 bits per heavy atom. The molecule has 0 spiro atoms. The summed E-state index contributed by atoms with van der Waals surface area (Å²) in [5.74, 6) is 0. The maximum atomic E-state index is 11.9. The lowest BCUT2D eigenvalue weighted by Crippen LogP contribution is -2.40. The molecule has 1 heterocycles. The second kappa shape index (κ2) is 5.16. The molecule has 0 aliphatic carbocycles. The molecule has 1 saturated heterocycles. The second-order valence-electron chi connectivity index (χ2n) is 4.57. The fraction of sp³-hybridized carbons (Fsp3) is 0.462. The van der Waals surface area contributed by atoms with Crippen LogP contribution in [0.2, 0.25) is 5.02 Å². The summed E-state index contributed by atoms with van der Waals surface area (Å²) in [5, 5.41) is 3.65. The topological polar surface area (TPSA) is 41.6 Å². The lowest BCUT2D eigenvalue weighted by Gasteiger charge is -2.24. The molecule has 4 nitrogen and oxygen atoms in total. The van der Waals surface area contributed by atoms with Crippen LogP contribution in [0.25, 0.3) is 0 Å². The smallest absolute Gasteiger partial charge is 0.414 e. The molecule has 18 heavy (non-hydrogen) atoms. The summed E-state index contributed by atoms with van der Waals surface area (Å²) in [6.45, 7) is 5.00. The Kier molecular flexibility index (Phi) is 3.78. The Morgan fingerprint density at radius 2 is 2.22 bits per heavy atom. The molecule has 1 aromatic carbocycles. The Hall–Kier alpha value is -1.26. The van der Waals surface area contributed by atoms with Gasteiger partial charge >= 0.3 is 6.09 Å². The highest BCUT2D eigenvalue weighted by Crippen LogP contribution is 2.34. The average molecular weight is 269 g/mol. The van der Waals surface area contributed by atoms with E-state index in [1.54, 1.807) is 4.90 Å². The van der Waals surface area contributed by atoms with Gasteiger partial charge in [-0.2, -0.15) is 0 Å². The van der Waals surface area contributed by atoms with Gasteiger partial charge in [0.15, 0.2) is 0 Å². The number of nitrogens with one attached hydrogen (secondary N) is 1. The summed E-state index contributed by atoms with van der Waals surface area (Å²) in [4.78, 5) is 13.5. The Balaban J connectivity index is 2.43. The first-order chi connectivity index (χ1) is 8.54. The van der Waals surface area contributed by atoms with Crippen LogP contribution in [0.1, 0.15) is 11.1 Å². The first-order valence-corrected chi connectivity index (χ1v) is 6.29. The largest absolute Gasteiger partial charge is 0.447 e. The molecule has 0 bridgehead atoms. The molecule has 1 aliphatic heterocycles. The molecule has 98 valence electrons. The number of cyclic esters (lactones) is 1. The van der Waals surface area contributed by atoms with Crippen LogP contribution < -0.4 is 10.2 Å². The Morgan fingerprint density at radius 3 is 2.83 bits per heavy atom. The van der Waals surface area contributed by atoms with E-state index in [2.05, 4.69) is 5.32 Å². The van der Waals surface area contributed by atoms with E-state index in [4.69, 9.17) is 16.3 Å². The minimum absolute atomic E-state index is 0.0126. The van der Waals surface area contributed by atoms with Crippen molar-refractivity contribution in [3.8, 4) is 0 Å². The summed E-state index contributed by atoms with van der Waals surface area (Å²) < 4.78 is 5.11. The van der Waals surface area contributed by atoms with Gasteiger partial charge in [0.1, 0.15) is 6.61 Å². The van der Waals surface area contributed by atoms with Gasteiger partial charge in [0.25, 0.3) is 0 Å². The molecule has 1 aliphatic rings. The van der Waals surface area contributed by atoms with Gasteiger partial charge in [-0.15, -0.1) is 0 Å². The number of carbonyl (C=O) groups is 1. The van der Waals surface area contributed by atoms with Crippen LogP contribution in [-0.4, -0.2) is 32.3 Å². The van der Waals surface area contributed by atoms with Crippen LogP contribution in [0.5, 0.6) is 0 Å². The minimum Gasteiger partial charge on any atom is -0.447 e. The SMILES string of the molecule is CNCC1COC(=O)N1c1c(C)cc(C)cc1Cl. The molecular weight excluding hydrogens is 252 g/mol. The molecular formula is C13H17ClN2O2. The van der Waals surface area contributed by atoms with Crippen molar-refractivity contribution in [2.75, 3.05) is 25.1 Å². The van der Waals surface area contributed by atoms with E-state index in [1.807, 2.05) is 33.0 Å². The summed E-state index contributed by atoms with van der Waals surface area (Å²) in [5.41, 5.74) is 2.82. The fourth-order valence-corrected chi connectivity index (χ4v) is 2.75. The van der Waals surface area contributed by atoms with Crippen LogP contribution >= 0.6 is 11.6 Å². The normalized spacial score (nSPS) is 19.2. The van der Waals surface area contributed by atoms with Gasteiger partial charge in [-0.05, 0) is 38.1 Å². The molecule has 1 N–H and O–H groups in total. The number of rotatable bonds is 3. The van der Waals surface area contributed by atoms with Gasteiger partial charge in [0, 0.05) is 6.54 Å². The van der Waals surface area contributed by atoms with Crippen LogP contribution in [0, 0.1) is 13.8 Å². The quantitative estimate of drug-likeness (QED) is 0.916.